The van der Waals surface area contributed by atoms with Gasteiger partial charge in [0, 0.05) is 0 Å². The molecule has 0 saturated carbocycles. The number of benzene rings is 2. The van der Waals surface area contributed by atoms with Crippen molar-refractivity contribution in [2.45, 2.75) is 33.8 Å². The molecule has 0 unspecified atom stereocenters. The Morgan fingerprint density at radius 1 is 0.960 bits per heavy atom. The van der Waals surface area contributed by atoms with Crippen LogP contribution >= 0.6 is 0 Å². The number of ether oxygens (including phenoxy) is 3. The third kappa shape index (κ3) is 5.64. The molecule has 132 valence electrons. The topological polar surface area (TPSA) is 61.8 Å². The van der Waals surface area contributed by atoms with Crippen molar-refractivity contribution in [3.8, 4) is 11.5 Å². The van der Waals surface area contributed by atoms with Gasteiger partial charge in [0.25, 0.3) is 0 Å². The lowest BCUT2D eigenvalue weighted by molar-refractivity contribution is -0.136. The van der Waals surface area contributed by atoms with E-state index in [0.717, 1.165) is 11.1 Å². The highest BCUT2D eigenvalue weighted by Gasteiger charge is 2.12. The molecule has 2 aromatic carbocycles. The minimum absolute atomic E-state index is 0.218. The number of carbonyl (C=O) groups excluding carboxylic acids is 2. The Bertz CT molecular complexity index is 764. The van der Waals surface area contributed by atoms with Crippen molar-refractivity contribution in [2.24, 2.45) is 0 Å². The van der Waals surface area contributed by atoms with Gasteiger partial charge in [-0.15, -0.1) is 0 Å². The predicted molar refractivity (Wildman–Crippen MR) is 94.0 cm³/mol. The van der Waals surface area contributed by atoms with Crippen LogP contribution in [0.4, 0.5) is 0 Å². The summed E-state index contributed by atoms with van der Waals surface area (Å²) in [6, 6.07) is 11.9. The van der Waals surface area contributed by atoms with Crippen molar-refractivity contribution in [3.63, 3.8) is 0 Å². The molecule has 0 atom stereocenters. The molecule has 25 heavy (non-hydrogen) atoms. The van der Waals surface area contributed by atoms with Crippen LogP contribution in [0, 0.1) is 13.8 Å². The van der Waals surface area contributed by atoms with Gasteiger partial charge in [0.1, 0.15) is 11.5 Å². The summed E-state index contributed by atoms with van der Waals surface area (Å²) in [6.07, 6.45) is -0.218. The average Bonchev–Trinajstić information content (AvgIpc) is 2.55. The SMILES string of the molecule is Cc1ccc(OCC(=O)Oc2cccc(C(=O)OC(C)C)c2)cc1C. The molecule has 0 N–H and O–H groups in total. The Hall–Kier alpha value is -2.82. The molecule has 2 rings (SSSR count). The number of hydrogen-bond donors (Lipinski definition) is 0. The lowest BCUT2D eigenvalue weighted by Gasteiger charge is -2.10. The number of hydrogen-bond acceptors (Lipinski definition) is 5. The minimum atomic E-state index is -0.549. The highest BCUT2D eigenvalue weighted by atomic mass is 16.6. The van der Waals surface area contributed by atoms with E-state index < -0.39 is 11.9 Å². The molecule has 0 aromatic heterocycles. The maximum Gasteiger partial charge on any atom is 0.349 e. The molecule has 0 bridgehead atoms. The van der Waals surface area contributed by atoms with Crippen LogP contribution in [-0.4, -0.2) is 24.6 Å². The van der Waals surface area contributed by atoms with Gasteiger partial charge < -0.3 is 14.2 Å². The molecule has 0 radical (unpaired) electrons. The summed E-state index contributed by atoms with van der Waals surface area (Å²) in [4.78, 5) is 23.8. The fourth-order valence-corrected chi connectivity index (χ4v) is 2.08. The first-order valence-electron chi connectivity index (χ1n) is 8.07. The smallest absolute Gasteiger partial charge is 0.349 e. The maximum atomic E-state index is 11.9. The van der Waals surface area contributed by atoms with E-state index in [1.807, 2.05) is 26.0 Å². The molecule has 5 heteroatoms. The fraction of sp³-hybridized carbons (Fsp3) is 0.300. The Morgan fingerprint density at radius 3 is 2.40 bits per heavy atom. The van der Waals surface area contributed by atoms with Gasteiger partial charge in [-0.1, -0.05) is 12.1 Å². The zero-order chi connectivity index (χ0) is 18.4. The van der Waals surface area contributed by atoms with Crippen LogP contribution in [0.5, 0.6) is 11.5 Å². The van der Waals surface area contributed by atoms with Crippen molar-refractivity contribution in [2.75, 3.05) is 6.61 Å². The number of aryl methyl sites for hydroxylation is 2. The second-order valence-corrected chi connectivity index (χ2v) is 5.99. The summed E-state index contributed by atoms with van der Waals surface area (Å²) in [5, 5.41) is 0. The number of carbonyl (C=O) groups is 2. The number of rotatable bonds is 6. The zero-order valence-corrected chi connectivity index (χ0v) is 14.9. The van der Waals surface area contributed by atoms with Crippen molar-refractivity contribution >= 4 is 11.9 Å². The van der Waals surface area contributed by atoms with Gasteiger partial charge >= 0.3 is 11.9 Å². The van der Waals surface area contributed by atoms with E-state index in [4.69, 9.17) is 14.2 Å². The van der Waals surface area contributed by atoms with Crippen LogP contribution in [-0.2, 0) is 9.53 Å². The molecule has 0 aliphatic rings. The molecular formula is C20H22O5. The Labute approximate surface area is 147 Å². The van der Waals surface area contributed by atoms with Gasteiger partial charge in [-0.2, -0.15) is 0 Å². The maximum absolute atomic E-state index is 11.9. The van der Waals surface area contributed by atoms with E-state index in [1.165, 1.54) is 6.07 Å². The Kier molecular flexibility index (Phi) is 6.17. The number of esters is 2. The highest BCUT2D eigenvalue weighted by Crippen LogP contribution is 2.17. The van der Waals surface area contributed by atoms with Crippen molar-refractivity contribution < 1.29 is 23.8 Å². The summed E-state index contributed by atoms with van der Waals surface area (Å²) in [6.45, 7) is 7.30. The molecule has 0 amide bonds. The van der Waals surface area contributed by atoms with Crippen molar-refractivity contribution in [1.29, 1.82) is 0 Å². The summed E-state index contributed by atoms with van der Waals surface area (Å²) >= 11 is 0. The molecule has 0 heterocycles. The van der Waals surface area contributed by atoms with Crippen LogP contribution in [0.25, 0.3) is 0 Å². The summed E-state index contributed by atoms with van der Waals surface area (Å²) in [5.74, 6) is -0.131. The third-order valence-corrected chi connectivity index (χ3v) is 3.48. The second-order valence-electron chi connectivity index (χ2n) is 5.99. The van der Waals surface area contributed by atoms with Gasteiger partial charge in [0.2, 0.25) is 0 Å². The van der Waals surface area contributed by atoms with Gasteiger partial charge in [-0.05, 0) is 69.2 Å². The van der Waals surface area contributed by atoms with E-state index in [-0.39, 0.29) is 18.5 Å². The lowest BCUT2D eigenvalue weighted by atomic mass is 10.1. The molecule has 0 aliphatic carbocycles. The zero-order valence-electron chi connectivity index (χ0n) is 14.9. The standard InChI is InChI=1S/C20H22O5/c1-13(2)24-20(22)16-6-5-7-18(11-16)25-19(21)12-23-17-9-8-14(3)15(4)10-17/h5-11,13H,12H2,1-4H3. The second kappa shape index (κ2) is 8.33. The summed E-state index contributed by atoms with van der Waals surface area (Å²) in [7, 11) is 0. The van der Waals surface area contributed by atoms with Crippen molar-refractivity contribution in [1.82, 2.24) is 0 Å². The minimum Gasteiger partial charge on any atom is -0.482 e. The summed E-state index contributed by atoms with van der Waals surface area (Å²) in [5.41, 5.74) is 2.57. The van der Waals surface area contributed by atoms with Crippen molar-refractivity contribution in [3.05, 3.63) is 59.2 Å². The molecule has 5 nitrogen and oxygen atoms in total. The average molecular weight is 342 g/mol. The van der Waals surface area contributed by atoms with Gasteiger partial charge in [0.15, 0.2) is 6.61 Å². The monoisotopic (exact) mass is 342 g/mol. The predicted octanol–water partition coefficient (Wildman–Crippen LogP) is 3.85. The first kappa shape index (κ1) is 18.5. The van der Waals surface area contributed by atoms with Crippen LogP contribution in [0.1, 0.15) is 35.3 Å². The van der Waals surface area contributed by atoms with Crippen LogP contribution in [0.2, 0.25) is 0 Å². The Balaban J connectivity index is 1.93. The fourth-order valence-electron chi connectivity index (χ4n) is 2.08. The molecule has 0 spiro atoms. The quantitative estimate of drug-likeness (QED) is 0.589. The van der Waals surface area contributed by atoms with E-state index in [0.29, 0.717) is 11.3 Å². The first-order valence-corrected chi connectivity index (χ1v) is 8.07. The molecule has 2 aromatic rings. The van der Waals surface area contributed by atoms with Crippen LogP contribution in [0.3, 0.4) is 0 Å². The van der Waals surface area contributed by atoms with E-state index >= 15 is 0 Å². The Morgan fingerprint density at radius 2 is 1.72 bits per heavy atom. The molecule has 0 saturated heterocycles. The van der Waals surface area contributed by atoms with E-state index in [1.54, 1.807) is 38.1 Å². The van der Waals surface area contributed by atoms with E-state index in [2.05, 4.69) is 0 Å². The van der Waals surface area contributed by atoms with Crippen LogP contribution < -0.4 is 9.47 Å². The highest BCUT2D eigenvalue weighted by molar-refractivity contribution is 5.90. The van der Waals surface area contributed by atoms with Crippen LogP contribution in [0.15, 0.2) is 42.5 Å². The summed E-state index contributed by atoms with van der Waals surface area (Å²) < 4.78 is 15.8. The normalized spacial score (nSPS) is 10.4. The van der Waals surface area contributed by atoms with E-state index in [9.17, 15) is 9.59 Å². The van der Waals surface area contributed by atoms with Gasteiger partial charge in [0.05, 0.1) is 11.7 Å². The van der Waals surface area contributed by atoms with Gasteiger partial charge in [-0.3, -0.25) is 0 Å². The first-order chi connectivity index (χ1) is 11.8. The van der Waals surface area contributed by atoms with Gasteiger partial charge in [-0.25, -0.2) is 9.59 Å². The lowest BCUT2D eigenvalue weighted by Crippen LogP contribution is -2.18. The molecule has 0 fully saturated rings. The largest absolute Gasteiger partial charge is 0.482 e. The molecular weight excluding hydrogens is 320 g/mol. The molecule has 0 aliphatic heterocycles. The third-order valence-electron chi connectivity index (χ3n) is 3.48.